The van der Waals surface area contributed by atoms with Gasteiger partial charge in [0, 0.05) is 15.8 Å². The van der Waals surface area contributed by atoms with Crippen molar-refractivity contribution in [3.05, 3.63) is 28.2 Å². The Balaban J connectivity index is 2.83. The van der Waals surface area contributed by atoms with Crippen LogP contribution in [-0.2, 0) is 0 Å². The molecule has 1 aromatic rings. The van der Waals surface area contributed by atoms with Crippen molar-refractivity contribution in [3.63, 3.8) is 0 Å². The molecule has 0 radical (unpaired) electrons. The van der Waals surface area contributed by atoms with Crippen LogP contribution in [0.2, 0.25) is 0 Å². The number of hydrogen-bond donors (Lipinski definition) is 1. The van der Waals surface area contributed by atoms with E-state index < -0.39 is 0 Å². The van der Waals surface area contributed by atoms with Crippen LogP contribution in [0.4, 0.5) is 0 Å². The van der Waals surface area contributed by atoms with Crippen molar-refractivity contribution in [2.75, 3.05) is 12.4 Å². The fraction of sp³-hybridized carbons (Fsp3) is 0.462. The van der Waals surface area contributed by atoms with Crippen LogP contribution < -0.4 is 10.1 Å². The number of hydrogen-bond acceptors (Lipinski definition) is 2. The van der Waals surface area contributed by atoms with Crippen LogP contribution in [0.3, 0.4) is 0 Å². The molecule has 1 N–H and O–H groups in total. The fourth-order valence-corrected chi connectivity index (χ4v) is 2.52. The number of halogens is 2. The Morgan fingerprint density at radius 1 is 1.50 bits per heavy atom. The zero-order valence-electron chi connectivity index (χ0n) is 10.5. The van der Waals surface area contributed by atoms with E-state index in [0.29, 0.717) is 11.3 Å². The van der Waals surface area contributed by atoms with Crippen molar-refractivity contribution in [2.24, 2.45) is 0 Å². The average molecular weight is 379 g/mol. The van der Waals surface area contributed by atoms with Crippen molar-refractivity contribution in [3.8, 4) is 5.75 Å². The number of carbonyl (C=O) groups is 1. The van der Waals surface area contributed by atoms with Crippen LogP contribution in [0.15, 0.2) is 22.7 Å². The monoisotopic (exact) mass is 377 g/mol. The van der Waals surface area contributed by atoms with E-state index in [1.54, 1.807) is 19.2 Å². The molecule has 1 aromatic carbocycles. The van der Waals surface area contributed by atoms with Gasteiger partial charge in [0.15, 0.2) is 0 Å². The number of rotatable bonds is 6. The molecule has 0 spiro atoms. The minimum Gasteiger partial charge on any atom is -0.496 e. The van der Waals surface area contributed by atoms with E-state index >= 15 is 0 Å². The summed E-state index contributed by atoms with van der Waals surface area (Å²) in [5.74, 6) is 0.489. The molecule has 3 nitrogen and oxygen atoms in total. The minimum atomic E-state index is -0.0906. The molecule has 1 unspecified atom stereocenters. The van der Waals surface area contributed by atoms with E-state index in [1.807, 2.05) is 6.07 Å². The molecular formula is C13H17Br2NO2. The first-order chi connectivity index (χ1) is 8.62. The summed E-state index contributed by atoms with van der Waals surface area (Å²) >= 11 is 6.75. The fourth-order valence-electron chi connectivity index (χ4n) is 1.63. The van der Waals surface area contributed by atoms with Gasteiger partial charge in [-0.3, -0.25) is 4.79 Å². The second-order valence-corrected chi connectivity index (χ2v) is 5.61. The predicted molar refractivity (Wildman–Crippen MR) is 80.7 cm³/mol. The first-order valence-corrected chi connectivity index (χ1v) is 7.74. The Morgan fingerprint density at radius 3 is 2.78 bits per heavy atom. The van der Waals surface area contributed by atoms with Gasteiger partial charge in [0.05, 0.1) is 12.7 Å². The molecule has 0 aliphatic carbocycles. The lowest BCUT2D eigenvalue weighted by atomic mass is 10.1. The van der Waals surface area contributed by atoms with E-state index in [9.17, 15) is 4.79 Å². The Labute approximate surface area is 125 Å². The summed E-state index contributed by atoms with van der Waals surface area (Å²) in [6, 6.07) is 5.58. The molecule has 0 aliphatic rings. The Hall–Kier alpha value is -0.550. The molecule has 18 heavy (non-hydrogen) atoms. The van der Waals surface area contributed by atoms with Gasteiger partial charge in [0.1, 0.15) is 5.75 Å². The van der Waals surface area contributed by atoms with E-state index in [4.69, 9.17) is 4.74 Å². The van der Waals surface area contributed by atoms with Crippen LogP contribution in [0.25, 0.3) is 0 Å². The summed E-state index contributed by atoms with van der Waals surface area (Å²) in [5.41, 5.74) is 0.564. The molecule has 5 heteroatoms. The lowest BCUT2D eigenvalue weighted by Crippen LogP contribution is -2.34. The number of nitrogens with one attached hydrogen (secondary N) is 1. The van der Waals surface area contributed by atoms with Gasteiger partial charge in [0.2, 0.25) is 0 Å². The normalized spacial score (nSPS) is 12.0. The highest BCUT2D eigenvalue weighted by Gasteiger charge is 2.15. The maximum Gasteiger partial charge on any atom is 0.255 e. The summed E-state index contributed by atoms with van der Waals surface area (Å²) in [6.07, 6.45) is 1.83. The lowest BCUT2D eigenvalue weighted by Gasteiger charge is -2.17. The standard InChI is InChI=1S/C13H17Br2NO2/c1-3-10(6-7-14)16-13(17)11-5-4-9(15)8-12(11)18-2/h4-5,8,10H,3,6-7H2,1-2H3,(H,16,17). The van der Waals surface area contributed by atoms with E-state index in [1.165, 1.54) is 0 Å². The summed E-state index contributed by atoms with van der Waals surface area (Å²) in [6.45, 7) is 2.06. The molecule has 0 aliphatic heterocycles. The van der Waals surface area contributed by atoms with Crippen molar-refractivity contribution in [1.29, 1.82) is 0 Å². The number of alkyl halides is 1. The van der Waals surface area contributed by atoms with Gasteiger partial charge in [0.25, 0.3) is 5.91 Å². The maximum absolute atomic E-state index is 12.2. The third kappa shape index (κ3) is 4.28. The van der Waals surface area contributed by atoms with Crippen molar-refractivity contribution >= 4 is 37.8 Å². The molecule has 0 heterocycles. The summed E-state index contributed by atoms with van der Waals surface area (Å²) in [7, 11) is 1.56. The molecule has 100 valence electrons. The number of carbonyl (C=O) groups excluding carboxylic acids is 1. The maximum atomic E-state index is 12.2. The zero-order valence-corrected chi connectivity index (χ0v) is 13.7. The summed E-state index contributed by atoms with van der Waals surface area (Å²) in [4.78, 5) is 12.2. The van der Waals surface area contributed by atoms with E-state index in [0.717, 1.165) is 22.6 Å². The summed E-state index contributed by atoms with van der Waals surface area (Å²) < 4.78 is 6.11. The molecule has 0 fully saturated rings. The SMILES string of the molecule is CCC(CCBr)NC(=O)c1ccc(Br)cc1OC. The van der Waals surface area contributed by atoms with Crippen molar-refractivity contribution < 1.29 is 9.53 Å². The number of amides is 1. The second kappa shape index (κ2) is 7.79. The Morgan fingerprint density at radius 2 is 2.22 bits per heavy atom. The van der Waals surface area contributed by atoms with Crippen LogP contribution in [-0.4, -0.2) is 24.4 Å². The zero-order chi connectivity index (χ0) is 13.5. The molecule has 1 atom stereocenters. The molecule has 0 saturated carbocycles. The topological polar surface area (TPSA) is 38.3 Å². The Kier molecular flexibility index (Phi) is 6.71. The largest absolute Gasteiger partial charge is 0.496 e. The smallest absolute Gasteiger partial charge is 0.255 e. The van der Waals surface area contributed by atoms with Crippen LogP contribution in [0.5, 0.6) is 5.75 Å². The number of benzene rings is 1. The van der Waals surface area contributed by atoms with E-state index in [-0.39, 0.29) is 11.9 Å². The van der Waals surface area contributed by atoms with Gasteiger partial charge in [-0.05, 0) is 31.0 Å². The quantitative estimate of drug-likeness (QED) is 0.765. The molecule has 1 amide bonds. The molecule has 1 rings (SSSR count). The van der Waals surface area contributed by atoms with Crippen LogP contribution >= 0.6 is 31.9 Å². The van der Waals surface area contributed by atoms with Gasteiger partial charge < -0.3 is 10.1 Å². The van der Waals surface area contributed by atoms with Gasteiger partial charge in [-0.2, -0.15) is 0 Å². The van der Waals surface area contributed by atoms with E-state index in [2.05, 4.69) is 44.1 Å². The Bertz CT molecular complexity index is 410. The minimum absolute atomic E-state index is 0.0906. The van der Waals surface area contributed by atoms with Crippen LogP contribution in [0, 0.1) is 0 Å². The molecular weight excluding hydrogens is 362 g/mol. The molecule has 0 bridgehead atoms. The highest BCUT2D eigenvalue weighted by atomic mass is 79.9. The number of methoxy groups -OCH3 is 1. The van der Waals surface area contributed by atoms with Crippen molar-refractivity contribution in [2.45, 2.75) is 25.8 Å². The van der Waals surface area contributed by atoms with Crippen LogP contribution in [0.1, 0.15) is 30.1 Å². The highest BCUT2D eigenvalue weighted by Crippen LogP contribution is 2.23. The molecule has 0 saturated heterocycles. The second-order valence-electron chi connectivity index (χ2n) is 3.90. The van der Waals surface area contributed by atoms with Gasteiger partial charge >= 0.3 is 0 Å². The predicted octanol–water partition coefficient (Wildman–Crippen LogP) is 3.75. The average Bonchev–Trinajstić information content (AvgIpc) is 2.37. The molecule has 0 aromatic heterocycles. The first-order valence-electron chi connectivity index (χ1n) is 5.82. The third-order valence-electron chi connectivity index (χ3n) is 2.69. The first kappa shape index (κ1) is 15.5. The third-order valence-corrected chi connectivity index (χ3v) is 3.64. The summed E-state index contributed by atoms with van der Waals surface area (Å²) in [5, 5.41) is 3.89. The van der Waals surface area contributed by atoms with Gasteiger partial charge in [-0.15, -0.1) is 0 Å². The van der Waals surface area contributed by atoms with Crippen molar-refractivity contribution in [1.82, 2.24) is 5.32 Å². The number of ether oxygens (including phenoxy) is 1. The van der Waals surface area contributed by atoms with Gasteiger partial charge in [-0.1, -0.05) is 38.8 Å². The van der Waals surface area contributed by atoms with Gasteiger partial charge in [-0.25, -0.2) is 0 Å². The highest BCUT2D eigenvalue weighted by molar-refractivity contribution is 9.10. The lowest BCUT2D eigenvalue weighted by molar-refractivity contribution is 0.0932.